The molecule has 2 aromatic carbocycles. The van der Waals surface area contributed by atoms with Crippen molar-refractivity contribution in [1.29, 1.82) is 0 Å². The van der Waals surface area contributed by atoms with Crippen LogP contribution in [0.4, 0.5) is 4.39 Å². The van der Waals surface area contributed by atoms with Crippen LogP contribution in [0.5, 0.6) is 0 Å². The molecule has 0 heterocycles. The number of carbonyl (C=O) groups excluding carboxylic acids is 1. The number of methoxy groups -OCH3 is 1. The van der Waals surface area contributed by atoms with Crippen molar-refractivity contribution in [2.24, 2.45) is 0 Å². The summed E-state index contributed by atoms with van der Waals surface area (Å²) in [6.07, 6.45) is 0.630. The van der Waals surface area contributed by atoms with E-state index in [1.165, 1.54) is 36.4 Å². The zero-order chi connectivity index (χ0) is 20.6. The molecule has 28 heavy (non-hydrogen) atoms. The first-order valence-electron chi connectivity index (χ1n) is 8.90. The molecule has 0 bridgehead atoms. The number of nitrogens with one attached hydrogen (secondary N) is 1. The number of hydrogen-bond donors (Lipinski definition) is 1. The lowest BCUT2D eigenvalue weighted by Crippen LogP contribution is -2.40. The molecule has 0 unspecified atom stereocenters. The fourth-order valence-corrected chi connectivity index (χ4v) is 3.92. The minimum Gasteiger partial charge on any atom is -0.385 e. The highest BCUT2D eigenvalue weighted by Gasteiger charge is 2.26. The van der Waals surface area contributed by atoms with Crippen LogP contribution in [-0.4, -0.2) is 45.4 Å². The van der Waals surface area contributed by atoms with Crippen LogP contribution in [0.3, 0.4) is 0 Å². The number of carbonyl (C=O) groups is 1. The Balaban J connectivity index is 2.20. The van der Waals surface area contributed by atoms with E-state index in [2.05, 4.69) is 5.32 Å². The Bertz CT molecular complexity index is 868. The first-order valence-corrected chi connectivity index (χ1v) is 10.3. The Labute approximate surface area is 165 Å². The first-order chi connectivity index (χ1) is 13.3. The predicted molar refractivity (Wildman–Crippen MR) is 105 cm³/mol. The van der Waals surface area contributed by atoms with Crippen molar-refractivity contribution in [2.45, 2.75) is 24.8 Å². The number of ether oxygens (including phenoxy) is 1. The van der Waals surface area contributed by atoms with Gasteiger partial charge in [-0.2, -0.15) is 4.31 Å². The van der Waals surface area contributed by atoms with Crippen LogP contribution in [0.1, 0.15) is 17.5 Å². The van der Waals surface area contributed by atoms with Gasteiger partial charge in [-0.15, -0.1) is 0 Å². The lowest BCUT2D eigenvalue weighted by molar-refractivity contribution is -0.121. The molecule has 0 radical (unpaired) electrons. The van der Waals surface area contributed by atoms with Gasteiger partial charge in [-0.05, 0) is 43.2 Å². The van der Waals surface area contributed by atoms with Crippen LogP contribution < -0.4 is 5.32 Å². The number of aryl methyl sites for hydroxylation is 1. The van der Waals surface area contributed by atoms with Crippen LogP contribution in [0.2, 0.25) is 0 Å². The van der Waals surface area contributed by atoms with E-state index in [1.807, 2.05) is 6.92 Å². The summed E-state index contributed by atoms with van der Waals surface area (Å²) in [6.45, 7) is 2.38. The summed E-state index contributed by atoms with van der Waals surface area (Å²) in [5, 5.41) is 2.69. The fourth-order valence-electron chi connectivity index (χ4n) is 2.54. The average Bonchev–Trinajstić information content (AvgIpc) is 2.67. The molecule has 0 aliphatic heterocycles. The van der Waals surface area contributed by atoms with Crippen LogP contribution in [-0.2, 0) is 26.1 Å². The zero-order valence-corrected chi connectivity index (χ0v) is 16.8. The second kappa shape index (κ2) is 10.3. The smallest absolute Gasteiger partial charge is 0.243 e. The van der Waals surface area contributed by atoms with Crippen molar-refractivity contribution in [2.75, 3.05) is 26.8 Å². The van der Waals surface area contributed by atoms with Gasteiger partial charge in [-0.25, -0.2) is 12.8 Å². The number of rotatable bonds is 10. The molecule has 1 amide bonds. The summed E-state index contributed by atoms with van der Waals surface area (Å²) in [4.78, 5) is 12.4. The molecule has 2 aromatic rings. The number of hydrogen-bond acceptors (Lipinski definition) is 4. The van der Waals surface area contributed by atoms with Crippen LogP contribution in [0.15, 0.2) is 53.4 Å². The molecule has 0 saturated heterocycles. The van der Waals surface area contributed by atoms with Crippen molar-refractivity contribution in [1.82, 2.24) is 9.62 Å². The topological polar surface area (TPSA) is 75.7 Å². The Hall–Kier alpha value is -2.29. The van der Waals surface area contributed by atoms with Gasteiger partial charge in [0.05, 0.1) is 11.4 Å². The predicted octanol–water partition coefficient (Wildman–Crippen LogP) is 2.48. The van der Waals surface area contributed by atoms with Crippen molar-refractivity contribution < 1.29 is 22.3 Å². The third-order valence-electron chi connectivity index (χ3n) is 4.10. The largest absolute Gasteiger partial charge is 0.385 e. The number of halogens is 1. The molecule has 0 spiro atoms. The Morgan fingerprint density at radius 1 is 1.11 bits per heavy atom. The highest BCUT2D eigenvalue weighted by Crippen LogP contribution is 2.19. The molecule has 0 aromatic heterocycles. The van der Waals surface area contributed by atoms with E-state index in [-0.39, 0.29) is 18.0 Å². The molecular formula is C20H25FN2O4S. The molecule has 1 N–H and O–H groups in total. The lowest BCUT2D eigenvalue weighted by Gasteiger charge is -2.22. The summed E-state index contributed by atoms with van der Waals surface area (Å²) in [5.74, 6) is -0.818. The van der Waals surface area contributed by atoms with Gasteiger partial charge < -0.3 is 10.1 Å². The maximum atomic E-state index is 13.2. The summed E-state index contributed by atoms with van der Waals surface area (Å²) < 4.78 is 45.3. The molecule has 2 rings (SSSR count). The minimum absolute atomic E-state index is 0.0397. The molecule has 6 nitrogen and oxygen atoms in total. The average molecular weight is 408 g/mol. The monoisotopic (exact) mass is 408 g/mol. The summed E-state index contributed by atoms with van der Waals surface area (Å²) in [7, 11) is -2.33. The van der Waals surface area contributed by atoms with Gasteiger partial charge in [0, 0.05) is 26.8 Å². The minimum atomic E-state index is -3.90. The van der Waals surface area contributed by atoms with Crippen LogP contribution >= 0.6 is 0 Å². The summed E-state index contributed by atoms with van der Waals surface area (Å²) in [5.41, 5.74) is 1.52. The highest BCUT2D eigenvalue weighted by atomic mass is 32.2. The Morgan fingerprint density at radius 3 is 2.36 bits per heavy atom. The maximum Gasteiger partial charge on any atom is 0.243 e. The van der Waals surface area contributed by atoms with E-state index >= 15 is 0 Å². The maximum absolute atomic E-state index is 13.2. The van der Waals surface area contributed by atoms with Crippen LogP contribution in [0.25, 0.3) is 0 Å². The quantitative estimate of drug-likeness (QED) is 0.613. The second-order valence-electron chi connectivity index (χ2n) is 6.41. The van der Waals surface area contributed by atoms with E-state index in [4.69, 9.17) is 4.74 Å². The normalized spacial score (nSPS) is 11.6. The van der Waals surface area contributed by atoms with E-state index in [0.717, 1.165) is 9.87 Å². The third kappa shape index (κ3) is 6.40. The highest BCUT2D eigenvalue weighted by molar-refractivity contribution is 7.89. The summed E-state index contributed by atoms with van der Waals surface area (Å²) >= 11 is 0. The van der Waals surface area contributed by atoms with Gasteiger partial charge in [0.2, 0.25) is 15.9 Å². The van der Waals surface area contributed by atoms with Crippen molar-refractivity contribution in [3.63, 3.8) is 0 Å². The molecule has 8 heteroatoms. The third-order valence-corrected chi connectivity index (χ3v) is 5.90. The number of amides is 1. The molecular weight excluding hydrogens is 383 g/mol. The number of nitrogens with zero attached hydrogens (tertiary/aromatic N) is 1. The number of sulfonamides is 1. The molecule has 0 fully saturated rings. The van der Waals surface area contributed by atoms with Gasteiger partial charge in [0.25, 0.3) is 0 Å². The van der Waals surface area contributed by atoms with E-state index in [1.54, 1.807) is 19.2 Å². The summed E-state index contributed by atoms with van der Waals surface area (Å²) in [6, 6.07) is 12.0. The fraction of sp³-hybridized carbons (Fsp3) is 0.350. The van der Waals surface area contributed by atoms with Gasteiger partial charge in [-0.3, -0.25) is 4.79 Å². The van der Waals surface area contributed by atoms with Gasteiger partial charge in [0.15, 0.2) is 0 Å². The van der Waals surface area contributed by atoms with E-state index in [0.29, 0.717) is 25.1 Å². The van der Waals surface area contributed by atoms with Crippen molar-refractivity contribution >= 4 is 15.9 Å². The Kier molecular flexibility index (Phi) is 8.10. The molecule has 152 valence electrons. The standard InChI is InChI=1S/C20H25FN2O4S/c1-16-4-10-19(11-5-16)28(25,26)23(14-17-6-8-18(21)9-7-17)15-20(24)22-12-3-13-27-2/h4-11H,3,12-15H2,1-2H3,(H,22,24). The van der Waals surface area contributed by atoms with E-state index < -0.39 is 21.7 Å². The SMILES string of the molecule is COCCCNC(=O)CN(Cc1ccc(F)cc1)S(=O)(=O)c1ccc(C)cc1. The van der Waals surface area contributed by atoms with Gasteiger partial charge in [0.1, 0.15) is 5.82 Å². The van der Waals surface area contributed by atoms with Gasteiger partial charge >= 0.3 is 0 Å². The zero-order valence-electron chi connectivity index (χ0n) is 16.0. The van der Waals surface area contributed by atoms with E-state index in [9.17, 15) is 17.6 Å². The van der Waals surface area contributed by atoms with Crippen molar-refractivity contribution in [3.8, 4) is 0 Å². The van der Waals surface area contributed by atoms with Gasteiger partial charge in [-0.1, -0.05) is 29.8 Å². The Morgan fingerprint density at radius 2 is 1.75 bits per heavy atom. The lowest BCUT2D eigenvalue weighted by atomic mass is 10.2. The number of benzene rings is 2. The molecule has 0 aliphatic carbocycles. The molecule has 0 saturated carbocycles. The first kappa shape index (κ1) is 22.0. The second-order valence-corrected chi connectivity index (χ2v) is 8.35. The van der Waals surface area contributed by atoms with Crippen LogP contribution in [0, 0.1) is 12.7 Å². The van der Waals surface area contributed by atoms with Crippen molar-refractivity contribution in [3.05, 3.63) is 65.5 Å². The molecule has 0 atom stereocenters. The molecule has 0 aliphatic rings.